The number of ether oxygens (including phenoxy) is 3. The summed E-state index contributed by atoms with van der Waals surface area (Å²) in [5.41, 5.74) is 2.04. The molecular formula is C19H22N4O3S3. The molecule has 0 bridgehead atoms. The molecule has 0 spiro atoms. The molecule has 0 unspecified atom stereocenters. The quantitative estimate of drug-likeness (QED) is 0.475. The molecule has 1 atom stereocenters. The molecule has 3 aromatic rings. The van der Waals surface area contributed by atoms with Crippen molar-refractivity contribution < 1.29 is 14.2 Å². The maximum Gasteiger partial charge on any atom is 0.206 e. The van der Waals surface area contributed by atoms with Crippen LogP contribution in [0.5, 0.6) is 11.5 Å². The van der Waals surface area contributed by atoms with Gasteiger partial charge in [-0.1, -0.05) is 23.1 Å². The van der Waals surface area contributed by atoms with Crippen molar-refractivity contribution >= 4 is 39.6 Å². The van der Waals surface area contributed by atoms with E-state index in [4.69, 9.17) is 19.2 Å². The third kappa shape index (κ3) is 5.19. The zero-order chi connectivity index (χ0) is 20.1. The summed E-state index contributed by atoms with van der Waals surface area (Å²) in [5, 5.41) is 15.7. The summed E-state index contributed by atoms with van der Waals surface area (Å²) in [5.74, 6) is 2.17. The Kier molecular flexibility index (Phi) is 6.86. The molecule has 7 nitrogen and oxygen atoms in total. The van der Waals surface area contributed by atoms with E-state index in [2.05, 4.69) is 20.9 Å². The van der Waals surface area contributed by atoms with Gasteiger partial charge in [0.2, 0.25) is 5.13 Å². The predicted molar refractivity (Wildman–Crippen MR) is 118 cm³/mol. The van der Waals surface area contributed by atoms with Gasteiger partial charge in [0.1, 0.15) is 5.01 Å². The second kappa shape index (κ2) is 9.75. The smallest absolute Gasteiger partial charge is 0.206 e. The Hall–Kier alpha value is -1.88. The van der Waals surface area contributed by atoms with Gasteiger partial charge in [0, 0.05) is 29.8 Å². The molecule has 3 heterocycles. The normalized spacial score (nSPS) is 16.1. The van der Waals surface area contributed by atoms with Crippen LogP contribution >= 0.6 is 34.4 Å². The monoisotopic (exact) mass is 450 g/mol. The molecule has 1 fully saturated rings. The van der Waals surface area contributed by atoms with Crippen molar-refractivity contribution in [1.82, 2.24) is 15.2 Å². The third-order valence-electron chi connectivity index (χ3n) is 4.44. The van der Waals surface area contributed by atoms with Gasteiger partial charge in [0.15, 0.2) is 15.8 Å². The fourth-order valence-corrected chi connectivity index (χ4v) is 5.53. The summed E-state index contributed by atoms with van der Waals surface area (Å²) in [7, 11) is 3.27. The van der Waals surface area contributed by atoms with Gasteiger partial charge in [-0.3, -0.25) is 0 Å². The van der Waals surface area contributed by atoms with Gasteiger partial charge in [0.05, 0.1) is 26.0 Å². The molecule has 0 amide bonds. The number of rotatable bonds is 9. The number of thioether (sulfide) groups is 1. The lowest BCUT2D eigenvalue weighted by Crippen LogP contribution is -2.18. The second-order valence-corrected chi connectivity index (χ2v) is 9.45. The van der Waals surface area contributed by atoms with Crippen molar-refractivity contribution in [2.45, 2.75) is 29.0 Å². The SMILES string of the molecule is COc1ccc(-c2nc(CSc3nnc(NC[C@@H]4CCCO4)s3)cs2)cc1OC. The highest BCUT2D eigenvalue weighted by atomic mass is 32.2. The van der Waals surface area contributed by atoms with E-state index in [9.17, 15) is 0 Å². The number of thiazole rings is 1. The number of aromatic nitrogens is 3. The molecule has 1 aromatic carbocycles. The first-order chi connectivity index (χ1) is 14.2. The van der Waals surface area contributed by atoms with Gasteiger partial charge >= 0.3 is 0 Å². The van der Waals surface area contributed by atoms with Crippen LogP contribution in [0.15, 0.2) is 27.9 Å². The molecule has 1 N–H and O–H groups in total. The van der Waals surface area contributed by atoms with Crippen LogP contribution < -0.4 is 14.8 Å². The van der Waals surface area contributed by atoms with E-state index in [1.54, 1.807) is 48.7 Å². The Morgan fingerprint density at radius 3 is 2.93 bits per heavy atom. The first-order valence-corrected chi connectivity index (χ1v) is 11.9. The van der Waals surface area contributed by atoms with Crippen molar-refractivity contribution in [2.24, 2.45) is 0 Å². The maximum atomic E-state index is 5.62. The molecule has 1 aliphatic heterocycles. The van der Waals surface area contributed by atoms with Crippen LogP contribution in [0, 0.1) is 0 Å². The minimum atomic E-state index is 0.292. The fraction of sp³-hybridized carbons (Fsp3) is 0.421. The van der Waals surface area contributed by atoms with E-state index < -0.39 is 0 Å². The number of hydrogen-bond acceptors (Lipinski definition) is 10. The fourth-order valence-electron chi connectivity index (χ4n) is 2.96. The summed E-state index contributed by atoms with van der Waals surface area (Å²) in [6.07, 6.45) is 2.54. The Morgan fingerprint density at radius 2 is 2.14 bits per heavy atom. The molecule has 0 radical (unpaired) electrons. The van der Waals surface area contributed by atoms with Crippen LogP contribution in [0.25, 0.3) is 10.6 Å². The van der Waals surface area contributed by atoms with Gasteiger partial charge < -0.3 is 19.5 Å². The molecule has 29 heavy (non-hydrogen) atoms. The largest absolute Gasteiger partial charge is 0.493 e. The van der Waals surface area contributed by atoms with Crippen molar-refractivity contribution in [1.29, 1.82) is 0 Å². The molecule has 1 saturated heterocycles. The second-order valence-electron chi connectivity index (χ2n) is 6.39. The molecule has 0 saturated carbocycles. The zero-order valence-electron chi connectivity index (χ0n) is 16.2. The van der Waals surface area contributed by atoms with Crippen molar-refractivity contribution in [3.8, 4) is 22.1 Å². The van der Waals surface area contributed by atoms with E-state index in [-0.39, 0.29) is 0 Å². The van der Waals surface area contributed by atoms with Crippen LogP contribution in [0.4, 0.5) is 5.13 Å². The Bertz CT molecular complexity index is 940. The topological polar surface area (TPSA) is 78.4 Å². The Labute approximate surface area is 181 Å². The number of benzene rings is 1. The average Bonchev–Trinajstić information content (AvgIpc) is 3.52. The summed E-state index contributed by atoms with van der Waals surface area (Å²) in [6.45, 7) is 1.66. The van der Waals surface area contributed by atoms with Crippen molar-refractivity contribution in [3.05, 3.63) is 29.3 Å². The van der Waals surface area contributed by atoms with Gasteiger partial charge in [-0.2, -0.15) is 0 Å². The number of nitrogens with one attached hydrogen (secondary N) is 1. The van der Waals surface area contributed by atoms with Gasteiger partial charge in [-0.15, -0.1) is 21.5 Å². The van der Waals surface area contributed by atoms with Gasteiger partial charge in [-0.05, 0) is 31.0 Å². The van der Waals surface area contributed by atoms with Crippen LogP contribution in [0.2, 0.25) is 0 Å². The lowest BCUT2D eigenvalue weighted by atomic mass is 10.2. The number of hydrogen-bond donors (Lipinski definition) is 1. The van der Waals surface area contributed by atoms with Crippen molar-refractivity contribution in [2.75, 3.05) is 32.7 Å². The number of anilines is 1. The first-order valence-electron chi connectivity index (χ1n) is 9.23. The maximum absolute atomic E-state index is 5.62. The Morgan fingerprint density at radius 1 is 1.24 bits per heavy atom. The average molecular weight is 451 g/mol. The third-order valence-corrected chi connectivity index (χ3v) is 7.43. The zero-order valence-corrected chi connectivity index (χ0v) is 18.7. The number of nitrogens with zero attached hydrogens (tertiary/aromatic N) is 3. The molecule has 4 rings (SSSR count). The summed E-state index contributed by atoms with van der Waals surface area (Å²) in [4.78, 5) is 4.75. The lowest BCUT2D eigenvalue weighted by Gasteiger charge is -2.08. The van der Waals surface area contributed by atoms with E-state index >= 15 is 0 Å². The van der Waals surface area contributed by atoms with E-state index in [1.807, 2.05) is 18.2 Å². The van der Waals surface area contributed by atoms with Crippen LogP contribution in [0.1, 0.15) is 18.5 Å². The molecule has 10 heteroatoms. The highest BCUT2D eigenvalue weighted by Gasteiger charge is 2.16. The molecular weight excluding hydrogens is 428 g/mol. The molecule has 0 aliphatic carbocycles. The van der Waals surface area contributed by atoms with Crippen LogP contribution in [0.3, 0.4) is 0 Å². The predicted octanol–water partition coefficient (Wildman–Crippen LogP) is 4.56. The van der Waals surface area contributed by atoms with E-state index in [1.165, 1.54) is 0 Å². The van der Waals surface area contributed by atoms with Crippen molar-refractivity contribution in [3.63, 3.8) is 0 Å². The van der Waals surface area contributed by atoms with E-state index in [0.29, 0.717) is 17.6 Å². The Balaban J connectivity index is 1.33. The number of methoxy groups -OCH3 is 2. The summed E-state index contributed by atoms with van der Waals surface area (Å²) >= 11 is 4.83. The highest BCUT2D eigenvalue weighted by Crippen LogP contribution is 2.35. The van der Waals surface area contributed by atoms with Gasteiger partial charge in [0.25, 0.3) is 0 Å². The minimum Gasteiger partial charge on any atom is -0.493 e. The van der Waals surface area contributed by atoms with Crippen LogP contribution in [-0.2, 0) is 10.5 Å². The summed E-state index contributed by atoms with van der Waals surface area (Å²) in [6, 6.07) is 5.84. The lowest BCUT2D eigenvalue weighted by molar-refractivity contribution is 0.120. The van der Waals surface area contributed by atoms with E-state index in [0.717, 1.165) is 57.5 Å². The van der Waals surface area contributed by atoms with Gasteiger partial charge in [-0.25, -0.2) is 4.98 Å². The minimum absolute atomic E-state index is 0.292. The van der Waals surface area contributed by atoms with Crippen LogP contribution in [-0.4, -0.2) is 48.7 Å². The summed E-state index contributed by atoms with van der Waals surface area (Å²) < 4.78 is 17.2. The molecule has 2 aromatic heterocycles. The molecule has 154 valence electrons. The first kappa shape index (κ1) is 20.4. The molecule has 1 aliphatic rings. The standard InChI is InChI=1S/C19H22N4O3S3/c1-24-15-6-5-12(8-16(15)25-2)17-21-13(10-27-17)11-28-19-23-22-18(29-19)20-9-14-4-3-7-26-14/h5-6,8,10,14H,3-4,7,9,11H2,1-2H3,(H,20,22)/t14-/m0/s1. The highest BCUT2D eigenvalue weighted by molar-refractivity contribution is 8.00.